The van der Waals surface area contributed by atoms with E-state index in [0.717, 1.165) is 17.0 Å². The number of ether oxygens (including phenoxy) is 2. The van der Waals surface area contributed by atoms with Crippen molar-refractivity contribution in [3.8, 4) is 23.0 Å². The fraction of sp³-hybridized carbons (Fsp3) is 0.267. The van der Waals surface area contributed by atoms with E-state index in [0.29, 0.717) is 60.9 Å². The van der Waals surface area contributed by atoms with Crippen molar-refractivity contribution in [2.45, 2.75) is 12.1 Å². The second-order valence-electron chi connectivity index (χ2n) is 9.19. The van der Waals surface area contributed by atoms with Crippen LogP contribution in [-0.4, -0.2) is 72.6 Å². The highest BCUT2D eigenvalue weighted by atomic mass is 32.2. The average molecular weight is 574 g/mol. The Hall–Kier alpha value is -4.51. The van der Waals surface area contributed by atoms with Crippen LogP contribution in [-0.2, 0) is 4.79 Å². The normalized spacial score (nSPS) is 13.1. The zero-order valence-corrected chi connectivity index (χ0v) is 23.7. The number of carbonyl (C=O) groups is 2. The van der Waals surface area contributed by atoms with Crippen LogP contribution < -0.4 is 19.7 Å². The van der Waals surface area contributed by atoms with Gasteiger partial charge < -0.3 is 29.0 Å². The van der Waals surface area contributed by atoms with Crippen molar-refractivity contribution in [2.24, 2.45) is 0 Å². The first kappa shape index (κ1) is 28.0. The van der Waals surface area contributed by atoms with Gasteiger partial charge in [-0.3, -0.25) is 9.59 Å². The SMILES string of the molecule is CCOc1ccc(-c2nnc(SCC(=O)Nc3ccc(N4CCN(C(=O)c5ccccc5OC)CC4)cc3)o2)cc1. The average Bonchev–Trinajstić information content (AvgIpc) is 3.50. The standard InChI is InChI=1S/C30H31N5O5S/c1-3-39-24-14-8-21(9-15-24)28-32-33-30(40-28)41-20-27(36)31-22-10-12-23(13-11-22)34-16-18-35(19-17-34)29(37)25-6-4-5-7-26(25)38-2/h4-15H,3,16-20H2,1-2H3,(H,31,36). The van der Waals surface area contributed by atoms with Crippen LogP contribution in [0.4, 0.5) is 11.4 Å². The molecule has 0 atom stereocenters. The number of thioether (sulfide) groups is 1. The Morgan fingerprint density at radius 1 is 0.951 bits per heavy atom. The second kappa shape index (κ2) is 13.2. The maximum atomic E-state index is 13.0. The van der Waals surface area contributed by atoms with Crippen molar-refractivity contribution in [1.82, 2.24) is 15.1 Å². The number of carbonyl (C=O) groups excluding carboxylic acids is 2. The molecule has 0 bridgehead atoms. The maximum absolute atomic E-state index is 13.0. The topological polar surface area (TPSA) is 110 Å². The van der Waals surface area contributed by atoms with Crippen molar-refractivity contribution < 1.29 is 23.5 Å². The Labute approximate surface area is 242 Å². The summed E-state index contributed by atoms with van der Waals surface area (Å²) in [6.45, 7) is 5.18. The summed E-state index contributed by atoms with van der Waals surface area (Å²) in [5, 5.41) is 11.3. The first-order valence-corrected chi connectivity index (χ1v) is 14.3. The quantitative estimate of drug-likeness (QED) is 0.267. The predicted molar refractivity (Wildman–Crippen MR) is 158 cm³/mol. The number of methoxy groups -OCH3 is 1. The Morgan fingerprint density at radius 3 is 2.39 bits per heavy atom. The molecule has 1 aliphatic rings. The molecule has 1 aliphatic heterocycles. The Morgan fingerprint density at radius 2 is 1.68 bits per heavy atom. The number of anilines is 2. The minimum atomic E-state index is -0.174. The molecule has 41 heavy (non-hydrogen) atoms. The van der Waals surface area contributed by atoms with E-state index in [2.05, 4.69) is 20.4 Å². The smallest absolute Gasteiger partial charge is 0.277 e. The Balaban J connectivity index is 1.08. The van der Waals surface area contributed by atoms with E-state index in [9.17, 15) is 9.59 Å². The van der Waals surface area contributed by atoms with Gasteiger partial charge in [0.25, 0.3) is 11.1 Å². The first-order valence-electron chi connectivity index (χ1n) is 13.3. The van der Waals surface area contributed by atoms with Gasteiger partial charge in [-0.2, -0.15) is 0 Å². The number of hydrogen-bond acceptors (Lipinski definition) is 9. The highest BCUT2D eigenvalue weighted by Gasteiger charge is 2.24. The van der Waals surface area contributed by atoms with Crippen LogP contribution in [0.1, 0.15) is 17.3 Å². The largest absolute Gasteiger partial charge is 0.496 e. The molecule has 212 valence electrons. The third-order valence-corrected chi connectivity index (χ3v) is 7.38. The molecule has 0 aliphatic carbocycles. The summed E-state index contributed by atoms with van der Waals surface area (Å²) >= 11 is 1.18. The number of hydrogen-bond donors (Lipinski definition) is 1. The zero-order valence-electron chi connectivity index (χ0n) is 22.9. The lowest BCUT2D eigenvalue weighted by molar-refractivity contribution is -0.113. The van der Waals surface area contributed by atoms with Crippen LogP contribution in [0.25, 0.3) is 11.5 Å². The summed E-state index contributed by atoms with van der Waals surface area (Å²) in [5.41, 5.74) is 3.09. The van der Waals surface area contributed by atoms with Crippen molar-refractivity contribution in [3.63, 3.8) is 0 Å². The number of para-hydroxylation sites is 1. The van der Waals surface area contributed by atoms with Gasteiger partial charge in [0.1, 0.15) is 11.5 Å². The summed E-state index contributed by atoms with van der Waals surface area (Å²) in [5.74, 6) is 1.68. The molecule has 5 rings (SSSR count). The highest BCUT2D eigenvalue weighted by molar-refractivity contribution is 7.99. The van der Waals surface area contributed by atoms with Crippen molar-refractivity contribution >= 4 is 35.0 Å². The highest BCUT2D eigenvalue weighted by Crippen LogP contribution is 2.26. The lowest BCUT2D eigenvalue weighted by Gasteiger charge is -2.36. The molecule has 1 saturated heterocycles. The molecule has 1 N–H and O–H groups in total. The molecule has 0 radical (unpaired) electrons. The molecule has 3 aromatic carbocycles. The van der Waals surface area contributed by atoms with Crippen LogP contribution in [0.5, 0.6) is 11.5 Å². The minimum Gasteiger partial charge on any atom is -0.496 e. The first-order chi connectivity index (χ1) is 20.0. The lowest BCUT2D eigenvalue weighted by Crippen LogP contribution is -2.48. The lowest BCUT2D eigenvalue weighted by atomic mass is 10.1. The van der Waals surface area contributed by atoms with E-state index in [4.69, 9.17) is 13.9 Å². The maximum Gasteiger partial charge on any atom is 0.277 e. The van der Waals surface area contributed by atoms with Crippen LogP contribution in [0.3, 0.4) is 0 Å². The van der Waals surface area contributed by atoms with Gasteiger partial charge in [-0.15, -0.1) is 10.2 Å². The molecule has 11 heteroatoms. The summed E-state index contributed by atoms with van der Waals surface area (Å²) in [4.78, 5) is 29.6. The summed E-state index contributed by atoms with van der Waals surface area (Å²) in [6.07, 6.45) is 0. The van der Waals surface area contributed by atoms with Crippen molar-refractivity contribution in [2.75, 3.05) is 55.9 Å². The molecular weight excluding hydrogens is 542 g/mol. The zero-order chi connectivity index (χ0) is 28.6. The number of rotatable bonds is 10. The molecule has 1 fully saturated rings. The van der Waals surface area contributed by atoms with Gasteiger partial charge in [0.05, 0.1) is 25.0 Å². The molecule has 0 saturated carbocycles. The number of aromatic nitrogens is 2. The van der Waals surface area contributed by atoms with E-state index in [1.54, 1.807) is 19.2 Å². The van der Waals surface area contributed by atoms with E-state index in [-0.39, 0.29) is 17.6 Å². The van der Waals surface area contributed by atoms with Gasteiger partial charge in [-0.05, 0) is 67.6 Å². The van der Waals surface area contributed by atoms with Crippen molar-refractivity contribution in [1.29, 1.82) is 0 Å². The van der Waals surface area contributed by atoms with Crippen LogP contribution in [0.15, 0.2) is 82.4 Å². The van der Waals surface area contributed by atoms with Crippen LogP contribution >= 0.6 is 11.8 Å². The van der Waals surface area contributed by atoms with E-state index >= 15 is 0 Å². The molecule has 4 aromatic rings. The van der Waals surface area contributed by atoms with Gasteiger partial charge in [0.15, 0.2) is 0 Å². The van der Waals surface area contributed by atoms with Crippen LogP contribution in [0, 0.1) is 0 Å². The summed E-state index contributed by atoms with van der Waals surface area (Å²) in [6, 6.07) is 22.4. The number of benzene rings is 3. The fourth-order valence-corrected chi connectivity index (χ4v) is 5.05. The molecule has 10 nitrogen and oxygen atoms in total. The number of piperazine rings is 1. The van der Waals surface area contributed by atoms with E-state index in [1.165, 1.54) is 11.8 Å². The van der Waals surface area contributed by atoms with Gasteiger partial charge in [-0.25, -0.2) is 0 Å². The molecule has 0 spiro atoms. The van der Waals surface area contributed by atoms with Gasteiger partial charge in [-0.1, -0.05) is 23.9 Å². The van der Waals surface area contributed by atoms with E-state index in [1.807, 2.05) is 72.5 Å². The molecular formula is C30H31N5O5S. The monoisotopic (exact) mass is 573 g/mol. The van der Waals surface area contributed by atoms with Gasteiger partial charge >= 0.3 is 0 Å². The number of amides is 2. The molecule has 2 amide bonds. The van der Waals surface area contributed by atoms with E-state index < -0.39 is 0 Å². The number of nitrogens with one attached hydrogen (secondary N) is 1. The van der Waals surface area contributed by atoms with Gasteiger partial charge in [0.2, 0.25) is 11.8 Å². The third kappa shape index (κ3) is 6.98. The number of nitrogens with zero attached hydrogens (tertiary/aromatic N) is 4. The Kier molecular flexibility index (Phi) is 9.05. The predicted octanol–water partition coefficient (Wildman–Crippen LogP) is 4.84. The summed E-state index contributed by atoms with van der Waals surface area (Å²) in [7, 11) is 1.57. The molecule has 1 aromatic heterocycles. The molecule has 2 heterocycles. The van der Waals surface area contributed by atoms with Gasteiger partial charge in [0, 0.05) is 43.1 Å². The van der Waals surface area contributed by atoms with Crippen LogP contribution in [0.2, 0.25) is 0 Å². The second-order valence-corrected chi connectivity index (χ2v) is 10.1. The molecule has 0 unspecified atom stereocenters. The minimum absolute atomic E-state index is 0.0223. The fourth-order valence-electron chi connectivity index (χ4n) is 4.48. The van der Waals surface area contributed by atoms with Crippen molar-refractivity contribution in [3.05, 3.63) is 78.4 Å². The third-order valence-electron chi connectivity index (χ3n) is 6.57. The Bertz CT molecular complexity index is 1470. The summed E-state index contributed by atoms with van der Waals surface area (Å²) < 4.78 is 16.5.